The Hall–Kier alpha value is -2.39. The number of aryl methyl sites for hydroxylation is 1. The molecule has 3 rings (SSSR count). The number of sulfonamides is 1. The lowest BCUT2D eigenvalue weighted by Crippen LogP contribution is -2.25. The van der Waals surface area contributed by atoms with Crippen molar-refractivity contribution in [2.75, 3.05) is 6.61 Å². The molecular formula is C19H24N2O6S. The maximum Gasteiger partial charge on any atom is 0.374 e. The minimum absolute atomic E-state index is 0.0742. The molecule has 0 atom stereocenters. The highest BCUT2D eigenvalue weighted by Gasteiger charge is 2.30. The number of furan rings is 1. The molecule has 1 aliphatic rings. The number of carbonyl (C=O) groups excluding carboxylic acids is 2. The number of ether oxygens (including phenoxy) is 1. The molecule has 0 bridgehead atoms. The molecule has 28 heavy (non-hydrogen) atoms. The van der Waals surface area contributed by atoms with Crippen molar-refractivity contribution in [3.63, 3.8) is 0 Å². The second-order valence-electron chi connectivity index (χ2n) is 6.95. The van der Waals surface area contributed by atoms with Gasteiger partial charge in [0.15, 0.2) is 6.61 Å². The smallest absolute Gasteiger partial charge is 0.374 e. The van der Waals surface area contributed by atoms with E-state index in [2.05, 4.69) is 11.6 Å². The summed E-state index contributed by atoms with van der Waals surface area (Å²) in [6, 6.07) is 4.13. The number of ketones is 1. The van der Waals surface area contributed by atoms with Crippen LogP contribution in [0.25, 0.3) is 0 Å². The highest BCUT2D eigenvalue weighted by Crippen LogP contribution is 2.23. The van der Waals surface area contributed by atoms with Gasteiger partial charge in [0.05, 0.1) is 0 Å². The van der Waals surface area contributed by atoms with Crippen LogP contribution in [0.1, 0.15) is 58.5 Å². The first kappa shape index (κ1) is 20.3. The predicted octanol–water partition coefficient (Wildman–Crippen LogP) is 2.59. The van der Waals surface area contributed by atoms with Crippen molar-refractivity contribution < 1.29 is 27.2 Å². The number of carbonyl (C=O) groups is 2. The number of esters is 1. The Kier molecular flexibility index (Phi) is 5.76. The minimum atomic E-state index is -3.79. The highest BCUT2D eigenvalue weighted by molar-refractivity contribution is 7.89. The molecule has 2 aromatic rings. The summed E-state index contributed by atoms with van der Waals surface area (Å²) >= 11 is 0. The van der Waals surface area contributed by atoms with Gasteiger partial charge in [-0.05, 0) is 51.3 Å². The zero-order valence-corrected chi connectivity index (χ0v) is 17.0. The van der Waals surface area contributed by atoms with E-state index in [4.69, 9.17) is 9.15 Å². The third-order valence-corrected chi connectivity index (χ3v) is 5.99. The lowest BCUT2D eigenvalue weighted by molar-refractivity contribution is 0.0438. The Bertz CT molecular complexity index is 998. The Labute approximate surface area is 163 Å². The fraction of sp³-hybridized carbons (Fsp3) is 0.474. The average Bonchev–Trinajstić information content (AvgIpc) is 3.20. The van der Waals surface area contributed by atoms with E-state index in [9.17, 15) is 18.0 Å². The molecule has 1 N–H and O–H groups in total. The van der Waals surface area contributed by atoms with Crippen molar-refractivity contribution in [2.24, 2.45) is 0 Å². The molecule has 1 saturated carbocycles. The van der Waals surface area contributed by atoms with Crippen LogP contribution in [0.15, 0.2) is 27.7 Å². The van der Waals surface area contributed by atoms with Crippen LogP contribution in [0.3, 0.4) is 0 Å². The van der Waals surface area contributed by atoms with Gasteiger partial charge in [0.1, 0.15) is 0 Å². The summed E-state index contributed by atoms with van der Waals surface area (Å²) < 4.78 is 38.8. The third kappa shape index (κ3) is 4.36. The molecule has 8 nitrogen and oxygen atoms in total. The van der Waals surface area contributed by atoms with Crippen LogP contribution in [0.2, 0.25) is 0 Å². The number of hydrogen-bond donors (Lipinski definition) is 1. The van der Waals surface area contributed by atoms with Gasteiger partial charge in [-0.15, -0.1) is 0 Å². The van der Waals surface area contributed by atoms with Crippen LogP contribution in [-0.2, 0) is 21.3 Å². The molecular weight excluding hydrogens is 384 g/mol. The van der Waals surface area contributed by atoms with Gasteiger partial charge in [-0.2, -0.15) is 0 Å². The second-order valence-corrected chi connectivity index (χ2v) is 8.59. The first-order valence-electron chi connectivity index (χ1n) is 9.22. The first-order valence-corrected chi connectivity index (χ1v) is 10.7. The predicted molar refractivity (Wildman–Crippen MR) is 101 cm³/mol. The van der Waals surface area contributed by atoms with E-state index in [1.54, 1.807) is 6.07 Å². The number of Topliss-reactive ketones (excluding diaryl/α,β-unsaturated/α-hetero) is 1. The quantitative estimate of drug-likeness (QED) is 0.505. The summed E-state index contributed by atoms with van der Waals surface area (Å²) in [5.74, 6) is -1.47. The standard InChI is InChI=1S/C19H24N2O6S/c1-4-9-21-12(2)10-15(13(21)3)16(22)11-26-19(23)17-7-8-18(27-17)28(24,25)20-14-5-6-14/h7-8,10,14,20H,4-6,9,11H2,1-3H3. The summed E-state index contributed by atoms with van der Waals surface area (Å²) in [4.78, 5) is 24.6. The van der Waals surface area contributed by atoms with E-state index >= 15 is 0 Å². The molecule has 0 unspecified atom stereocenters. The zero-order chi connectivity index (χ0) is 20.5. The summed E-state index contributed by atoms with van der Waals surface area (Å²) in [5, 5.41) is -0.346. The van der Waals surface area contributed by atoms with Crippen LogP contribution >= 0.6 is 0 Å². The normalized spacial score (nSPS) is 14.2. The van der Waals surface area contributed by atoms with Crippen molar-refractivity contribution in [1.29, 1.82) is 0 Å². The molecule has 1 aliphatic carbocycles. The summed E-state index contributed by atoms with van der Waals surface area (Å²) in [5.41, 5.74) is 2.31. The Morgan fingerprint density at radius 1 is 1.29 bits per heavy atom. The van der Waals surface area contributed by atoms with Crippen LogP contribution in [-0.4, -0.2) is 37.4 Å². The maximum atomic E-state index is 12.4. The van der Waals surface area contributed by atoms with Gasteiger partial charge in [-0.25, -0.2) is 17.9 Å². The fourth-order valence-corrected chi connectivity index (χ4v) is 4.22. The van der Waals surface area contributed by atoms with Gasteiger partial charge in [0.25, 0.3) is 10.0 Å². The Balaban J connectivity index is 1.63. The van der Waals surface area contributed by atoms with Crippen molar-refractivity contribution in [1.82, 2.24) is 9.29 Å². The average molecular weight is 408 g/mol. The van der Waals surface area contributed by atoms with Crippen molar-refractivity contribution in [3.8, 4) is 0 Å². The molecule has 1 fully saturated rings. The highest BCUT2D eigenvalue weighted by atomic mass is 32.2. The molecule has 0 spiro atoms. The van der Waals surface area contributed by atoms with Gasteiger partial charge in [0, 0.05) is 29.5 Å². The Morgan fingerprint density at radius 3 is 2.64 bits per heavy atom. The monoisotopic (exact) mass is 408 g/mol. The van der Waals surface area contributed by atoms with Crippen LogP contribution in [0.5, 0.6) is 0 Å². The number of aromatic nitrogens is 1. The lowest BCUT2D eigenvalue weighted by atomic mass is 10.1. The molecule has 0 saturated heterocycles. The van der Waals surface area contributed by atoms with Crippen LogP contribution in [0, 0.1) is 13.8 Å². The zero-order valence-electron chi connectivity index (χ0n) is 16.1. The molecule has 2 aromatic heterocycles. The van der Waals surface area contributed by atoms with E-state index in [-0.39, 0.29) is 22.7 Å². The number of rotatable bonds is 9. The fourth-order valence-electron chi connectivity index (χ4n) is 2.98. The van der Waals surface area contributed by atoms with Gasteiger partial charge in [-0.3, -0.25) is 4.79 Å². The largest absolute Gasteiger partial charge is 0.451 e. The second kappa shape index (κ2) is 7.92. The van der Waals surface area contributed by atoms with E-state index in [0.717, 1.165) is 37.2 Å². The van der Waals surface area contributed by atoms with Gasteiger partial charge >= 0.3 is 5.97 Å². The van der Waals surface area contributed by atoms with Gasteiger partial charge in [-0.1, -0.05) is 6.92 Å². The molecule has 152 valence electrons. The van der Waals surface area contributed by atoms with E-state index in [1.807, 2.05) is 18.4 Å². The molecule has 0 aliphatic heterocycles. The molecule has 2 heterocycles. The minimum Gasteiger partial charge on any atom is -0.451 e. The van der Waals surface area contributed by atoms with Gasteiger partial charge in [0.2, 0.25) is 16.6 Å². The van der Waals surface area contributed by atoms with Gasteiger partial charge < -0.3 is 13.7 Å². The van der Waals surface area contributed by atoms with Crippen LogP contribution in [0.4, 0.5) is 0 Å². The topological polar surface area (TPSA) is 108 Å². The van der Waals surface area contributed by atoms with Crippen LogP contribution < -0.4 is 4.72 Å². The van der Waals surface area contributed by atoms with E-state index in [1.165, 1.54) is 12.1 Å². The number of nitrogens with one attached hydrogen (secondary N) is 1. The maximum absolute atomic E-state index is 12.4. The molecule has 0 aromatic carbocycles. The van der Waals surface area contributed by atoms with Crippen molar-refractivity contribution in [3.05, 3.63) is 40.9 Å². The number of hydrogen-bond acceptors (Lipinski definition) is 6. The molecule has 9 heteroatoms. The van der Waals surface area contributed by atoms with E-state index < -0.39 is 22.6 Å². The summed E-state index contributed by atoms with van der Waals surface area (Å²) in [6.45, 7) is 6.20. The third-order valence-electron chi connectivity index (χ3n) is 4.60. The molecule has 0 amide bonds. The Morgan fingerprint density at radius 2 is 2.00 bits per heavy atom. The van der Waals surface area contributed by atoms with Crippen molar-refractivity contribution >= 4 is 21.8 Å². The SMILES string of the molecule is CCCn1c(C)cc(C(=O)COC(=O)c2ccc(S(=O)(=O)NC3CC3)o2)c1C. The van der Waals surface area contributed by atoms with E-state index in [0.29, 0.717) is 5.56 Å². The lowest BCUT2D eigenvalue weighted by Gasteiger charge is -2.07. The molecule has 0 radical (unpaired) electrons. The summed E-state index contributed by atoms with van der Waals surface area (Å²) in [6.07, 6.45) is 2.52. The summed E-state index contributed by atoms with van der Waals surface area (Å²) in [7, 11) is -3.79. The number of nitrogens with zero attached hydrogens (tertiary/aromatic N) is 1. The first-order chi connectivity index (χ1) is 13.2. The van der Waals surface area contributed by atoms with Crippen molar-refractivity contribution in [2.45, 2.75) is 57.7 Å².